The molecule has 208 valence electrons. The van der Waals surface area contributed by atoms with Gasteiger partial charge in [0, 0.05) is 30.7 Å². The molecule has 1 aromatic carbocycles. The number of rotatable bonds is 6. The highest BCUT2D eigenvalue weighted by atomic mass is 32.2. The molecule has 0 aliphatic carbocycles. The number of carbonyl (C=O) groups is 3. The molecule has 4 aliphatic rings. The predicted molar refractivity (Wildman–Crippen MR) is 153 cm³/mol. The Balaban J connectivity index is 1.22. The van der Waals surface area contributed by atoms with Gasteiger partial charge in [-0.3, -0.25) is 14.5 Å². The second-order valence-corrected chi connectivity index (χ2v) is 11.6. The minimum atomic E-state index is -0.294. The maximum absolute atomic E-state index is 13.6. The Morgan fingerprint density at radius 2 is 2.05 bits per heavy atom. The van der Waals surface area contributed by atoms with Crippen molar-refractivity contribution >= 4 is 35.4 Å². The number of nitrogens with zero attached hydrogens (tertiary/aromatic N) is 3. The average Bonchev–Trinajstić information content (AvgIpc) is 3.33. The van der Waals surface area contributed by atoms with Gasteiger partial charge in [-0.15, -0.1) is 0 Å². The van der Waals surface area contributed by atoms with Crippen LogP contribution in [-0.2, 0) is 9.59 Å². The van der Waals surface area contributed by atoms with Crippen molar-refractivity contribution < 1.29 is 19.1 Å². The molecular weight excluding hydrogens is 528 g/mol. The van der Waals surface area contributed by atoms with Crippen molar-refractivity contribution in [2.24, 2.45) is 5.92 Å². The van der Waals surface area contributed by atoms with Crippen molar-refractivity contribution in [2.45, 2.75) is 43.6 Å². The van der Waals surface area contributed by atoms with Crippen LogP contribution in [0.25, 0.3) is 0 Å². The van der Waals surface area contributed by atoms with E-state index in [9.17, 15) is 14.4 Å². The Morgan fingerprint density at radius 1 is 1.23 bits per heavy atom. The normalized spacial score (nSPS) is 25.7. The van der Waals surface area contributed by atoms with E-state index >= 15 is 0 Å². The summed E-state index contributed by atoms with van der Waals surface area (Å²) in [6.45, 7) is 7.33. The van der Waals surface area contributed by atoms with Crippen LogP contribution in [0.5, 0.6) is 11.5 Å². The number of pyridine rings is 1. The molecule has 0 radical (unpaired) electrons. The Bertz CT molecular complexity index is 1380. The molecule has 1 aromatic heterocycles. The zero-order chi connectivity index (χ0) is 27.8. The standard InChI is InChI=1S/C29H32N6O4S/c1-3-22(36)34-13-7-8-18(16-34)32-27(37)25-24-23-21(11-12-30-28(23)40-25)35(29(38)33-24)26-17(2)14-20(15-31-26)39-19-9-5-4-6-10-19/h3-6,9-10,14-15,18,21,23,28,30H,1,7-8,11-13,16H2,2H3,(H,32,37)(H,33,38)/t18-,21?,23?,28?/m1/s1. The minimum absolute atomic E-state index is 0.0382. The molecule has 5 heterocycles. The van der Waals surface area contributed by atoms with E-state index in [0.717, 1.165) is 31.4 Å². The smallest absolute Gasteiger partial charge is 0.327 e. The Labute approximate surface area is 237 Å². The van der Waals surface area contributed by atoms with Crippen molar-refractivity contribution in [3.63, 3.8) is 0 Å². The topological polar surface area (TPSA) is 116 Å². The lowest BCUT2D eigenvalue weighted by atomic mass is 9.86. The maximum atomic E-state index is 13.6. The van der Waals surface area contributed by atoms with Gasteiger partial charge in [0.2, 0.25) is 5.91 Å². The summed E-state index contributed by atoms with van der Waals surface area (Å²) in [7, 11) is 0. The van der Waals surface area contributed by atoms with E-state index in [4.69, 9.17) is 4.74 Å². The van der Waals surface area contributed by atoms with Gasteiger partial charge in [-0.05, 0) is 62.6 Å². The Morgan fingerprint density at radius 3 is 2.83 bits per heavy atom. The number of thioether (sulfide) groups is 1. The third kappa shape index (κ3) is 4.95. The zero-order valence-electron chi connectivity index (χ0n) is 22.3. The number of urea groups is 1. The van der Waals surface area contributed by atoms with Crippen LogP contribution in [0.15, 0.2) is 65.9 Å². The molecule has 3 unspecified atom stereocenters. The van der Waals surface area contributed by atoms with Crippen LogP contribution < -0.4 is 25.6 Å². The molecule has 3 saturated heterocycles. The summed E-state index contributed by atoms with van der Waals surface area (Å²) in [5, 5.41) is 9.63. The number of hydrogen-bond donors (Lipinski definition) is 3. The van der Waals surface area contributed by atoms with Crippen molar-refractivity contribution in [2.75, 3.05) is 24.5 Å². The van der Waals surface area contributed by atoms with Gasteiger partial charge in [0.1, 0.15) is 17.3 Å². The van der Waals surface area contributed by atoms with Gasteiger partial charge < -0.3 is 25.6 Å². The number of carbonyl (C=O) groups excluding carboxylic acids is 3. The number of aryl methyl sites for hydroxylation is 1. The molecule has 4 amide bonds. The molecule has 40 heavy (non-hydrogen) atoms. The number of nitrogens with one attached hydrogen (secondary N) is 3. The third-order valence-electron chi connectivity index (χ3n) is 7.82. The summed E-state index contributed by atoms with van der Waals surface area (Å²) >= 11 is 1.46. The summed E-state index contributed by atoms with van der Waals surface area (Å²) in [6.07, 6.45) is 5.29. The first-order valence-electron chi connectivity index (χ1n) is 13.6. The Kier molecular flexibility index (Phi) is 7.24. The highest BCUT2D eigenvalue weighted by Crippen LogP contribution is 2.48. The first kappa shape index (κ1) is 26.4. The summed E-state index contributed by atoms with van der Waals surface area (Å²) in [5.74, 6) is 1.48. The van der Waals surface area contributed by atoms with Crippen LogP contribution >= 0.6 is 11.8 Å². The number of likely N-dealkylation sites (tertiary alicyclic amines) is 1. The summed E-state index contributed by atoms with van der Waals surface area (Å²) in [6, 6.07) is 10.8. The maximum Gasteiger partial charge on any atom is 0.327 e. The summed E-state index contributed by atoms with van der Waals surface area (Å²) in [4.78, 5) is 47.8. The zero-order valence-corrected chi connectivity index (χ0v) is 23.1. The van der Waals surface area contributed by atoms with Gasteiger partial charge in [-0.25, -0.2) is 9.78 Å². The number of aromatic nitrogens is 1. The molecule has 0 saturated carbocycles. The van der Waals surface area contributed by atoms with Crippen molar-refractivity contribution in [1.29, 1.82) is 0 Å². The quantitative estimate of drug-likeness (QED) is 0.465. The fraction of sp³-hybridized carbons (Fsp3) is 0.379. The first-order chi connectivity index (χ1) is 19.4. The summed E-state index contributed by atoms with van der Waals surface area (Å²) in [5.41, 5.74) is 1.49. The van der Waals surface area contributed by atoms with Crippen LogP contribution in [0.4, 0.5) is 10.6 Å². The molecule has 3 N–H and O–H groups in total. The van der Waals surface area contributed by atoms with E-state index in [1.165, 1.54) is 17.8 Å². The van der Waals surface area contributed by atoms with Gasteiger partial charge >= 0.3 is 6.03 Å². The SMILES string of the molecule is C=CC(=O)N1CCC[C@@H](NC(=O)C2=C3NC(=O)N(c4ncc(Oc5ccccc5)cc4C)C4CCNC(S2)C34)C1. The van der Waals surface area contributed by atoms with Crippen molar-refractivity contribution in [3.05, 3.63) is 71.4 Å². The number of benzene rings is 1. The molecule has 0 bridgehead atoms. The molecular formula is C29H32N6O4S. The third-order valence-corrected chi connectivity index (χ3v) is 9.18. The number of anilines is 1. The second kappa shape index (κ2) is 11.0. The first-order valence-corrected chi connectivity index (χ1v) is 14.5. The van der Waals surface area contributed by atoms with Crippen LogP contribution in [0, 0.1) is 12.8 Å². The number of para-hydroxylation sites is 1. The largest absolute Gasteiger partial charge is 0.456 e. The van der Waals surface area contributed by atoms with Gasteiger partial charge in [-0.2, -0.15) is 0 Å². The van der Waals surface area contributed by atoms with Gasteiger partial charge in [0.05, 0.1) is 22.5 Å². The van der Waals surface area contributed by atoms with Gasteiger partial charge in [0.25, 0.3) is 5.91 Å². The summed E-state index contributed by atoms with van der Waals surface area (Å²) < 4.78 is 5.93. The molecule has 3 fully saturated rings. The molecule has 10 nitrogen and oxygen atoms in total. The van der Waals surface area contributed by atoms with E-state index < -0.39 is 0 Å². The average molecular weight is 561 g/mol. The molecule has 0 spiro atoms. The highest BCUT2D eigenvalue weighted by Gasteiger charge is 2.52. The fourth-order valence-electron chi connectivity index (χ4n) is 6.02. The minimum Gasteiger partial charge on any atom is -0.456 e. The van der Waals surface area contributed by atoms with Crippen LogP contribution in [0.2, 0.25) is 0 Å². The van der Waals surface area contributed by atoms with Crippen LogP contribution in [0.1, 0.15) is 24.8 Å². The van der Waals surface area contributed by atoms with E-state index in [1.807, 2.05) is 43.3 Å². The molecule has 4 atom stereocenters. The van der Waals surface area contributed by atoms with E-state index in [-0.39, 0.29) is 41.2 Å². The van der Waals surface area contributed by atoms with E-state index in [0.29, 0.717) is 41.0 Å². The lowest BCUT2D eigenvalue weighted by Gasteiger charge is -2.45. The molecule has 4 aliphatic heterocycles. The highest BCUT2D eigenvalue weighted by molar-refractivity contribution is 8.04. The second-order valence-electron chi connectivity index (χ2n) is 10.4. The van der Waals surface area contributed by atoms with E-state index in [2.05, 4.69) is 27.5 Å². The van der Waals surface area contributed by atoms with Crippen molar-refractivity contribution in [1.82, 2.24) is 25.8 Å². The Hall–Kier alpha value is -3.83. The van der Waals surface area contributed by atoms with Gasteiger partial charge in [-0.1, -0.05) is 36.5 Å². The fourth-order valence-corrected chi connectivity index (χ4v) is 7.42. The number of amides is 4. The van der Waals surface area contributed by atoms with Crippen LogP contribution in [-0.4, -0.2) is 64.8 Å². The molecule has 2 aromatic rings. The lowest BCUT2D eigenvalue weighted by molar-refractivity contribution is -0.128. The van der Waals surface area contributed by atoms with E-state index in [1.54, 1.807) is 16.0 Å². The number of ether oxygens (including phenoxy) is 1. The monoisotopic (exact) mass is 560 g/mol. The van der Waals surface area contributed by atoms with Crippen LogP contribution in [0.3, 0.4) is 0 Å². The van der Waals surface area contributed by atoms with Crippen molar-refractivity contribution in [3.8, 4) is 11.5 Å². The molecule has 11 heteroatoms. The van der Waals surface area contributed by atoms with Gasteiger partial charge in [0.15, 0.2) is 0 Å². The number of piperidine rings is 2. The predicted octanol–water partition coefficient (Wildman–Crippen LogP) is 3.27. The lowest BCUT2D eigenvalue weighted by Crippen LogP contribution is -2.62. The molecule has 6 rings (SSSR count). The number of hydrogen-bond acceptors (Lipinski definition) is 7.